The van der Waals surface area contributed by atoms with Crippen LogP contribution in [0.3, 0.4) is 0 Å². The summed E-state index contributed by atoms with van der Waals surface area (Å²) in [6, 6.07) is 6.39. The normalized spacial score (nSPS) is 24.4. The first kappa shape index (κ1) is 12.9. The van der Waals surface area contributed by atoms with Gasteiger partial charge in [-0.3, -0.25) is 0 Å². The Morgan fingerprint density at radius 3 is 2.82 bits per heavy atom. The number of benzene rings is 1. The van der Waals surface area contributed by atoms with Crippen molar-refractivity contribution in [3.8, 4) is 0 Å². The summed E-state index contributed by atoms with van der Waals surface area (Å²) in [5.74, 6) is 0. The first-order valence-corrected chi connectivity index (χ1v) is 6.71. The number of halogens is 1. The summed E-state index contributed by atoms with van der Waals surface area (Å²) in [5.41, 5.74) is 1.88. The lowest BCUT2D eigenvalue weighted by molar-refractivity contribution is 0.0839. The predicted molar refractivity (Wildman–Crippen MR) is 74.4 cm³/mol. The molecule has 0 radical (unpaired) electrons. The lowest BCUT2D eigenvalue weighted by atomic mass is 10.1. The molecule has 1 fully saturated rings. The number of hydrogen-bond donors (Lipinski definition) is 2. The summed E-state index contributed by atoms with van der Waals surface area (Å²) >= 11 is 3.61. The summed E-state index contributed by atoms with van der Waals surface area (Å²) in [6.45, 7) is 4.39. The smallest absolute Gasteiger partial charge is 0.0810 e. The van der Waals surface area contributed by atoms with Gasteiger partial charge in [0, 0.05) is 24.1 Å². The summed E-state index contributed by atoms with van der Waals surface area (Å²) in [7, 11) is 1.94. The predicted octanol–water partition coefficient (Wildman–Crippen LogP) is 2.13. The minimum Gasteiger partial charge on any atom is -0.388 e. The van der Waals surface area contributed by atoms with Crippen molar-refractivity contribution in [1.29, 1.82) is 0 Å². The van der Waals surface area contributed by atoms with E-state index in [2.05, 4.69) is 44.3 Å². The van der Waals surface area contributed by atoms with Crippen LogP contribution in [0.5, 0.6) is 0 Å². The van der Waals surface area contributed by atoms with Gasteiger partial charge in [-0.05, 0) is 54.0 Å². The van der Waals surface area contributed by atoms with Gasteiger partial charge in [-0.15, -0.1) is 0 Å². The van der Waals surface area contributed by atoms with Gasteiger partial charge in [0.25, 0.3) is 0 Å². The second-order valence-electron chi connectivity index (χ2n) is 4.98. The van der Waals surface area contributed by atoms with Gasteiger partial charge in [0.1, 0.15) is 0 Å². The molecule has 0 aliphatic carbocycles. The second-order valence-corrected chi connectivity index (χ2v) is 5.84. The van der Waals surface area contributed by atoms with E-state index in [-0.39, 0.29) is 0 Å². The SMILES string of the molecule is CNCc1ccc(N2CCC(C)(O)C2)c(Br)c1. The molecule has 0 bridgehead atoms. The molecule has 0 saturated carbocycles. The van der Waals surface area contributed by atoms with Crippen LogP contribution in [0.2, 0.25) is 0 Å². The van der Waals surface area contributed by atoms with Crippen LogP contribution < -0.4 is 10.2 Å². The quantitative estimate of drug-likeness (QED) is 0.897. The minimum atomic E-state index is -0.552. The third-order valence-electron chi connectivity index (χ3n) is 3.19. The summed E-state index contributed by atoms with van der Waals surface area (Å²) in [5, 5.41) is 13.1. The highest BCUT2D eigenvalue weighted by molar-refractivity contribution is 9.10. The average Bonchev–Trinajstić information content (AvgIpc) is 2.59. The monoisotopic (exact) mass is 298 g/mol. The molecule has 1 saturated heterocycles. The van der Waals surface area contributed by atoms with Crippen molar-refractivity contribution in [1.82, 2.24) is 5.32 Å². The molecule has 1 atom stereocenters. The molecule has 1 aliphatic heterocycles. The first-order valence-electron chi connectivity index (χ1n) is 5.92. The molecular formula is C13H19BrN2O. The van der Waals surface area contributed by atoms with E-state index in [0.717, 1.165) is 24.0 Å². The molecule has 1 aromatic rings. The van der Waals surface area contributed by atoms with Crippen LogP contribution in [0.25, 0.3) is 0 Å². The van der Waals surface area contributed by atoms with Gasteiger partial charge in [0.05, 0.1) is 11.3 Å². The van der Waals surface area contributed by atoms with Gasteiger partial charge in [-0.2, -0.15) is 0 Å². The van der Waals surface area contributed by atoms with Crippen molar-refractivity contribution in [2.45, 2.75) is 25.5 Å². The topological polar surface area (TPSA) is 35.5 Å². The van der Waals surface area contributed by atoms with Gasteiger partial charge in [0.15, 0.2) is 0 Å². The van der Waals surface area contributed by atoms with Crippen LogP contribution in [-0.2, 0) is 6.54 Å². The fourth-order valence-corrected chi connectivity index (χ4v) is 2.95. The van der Waals surface area contributed by atoms with Crippen LogP contribution in [0.4, 0.5) is 5.69 Å². The fourth-order valence-electron chi connectivity index (χ4n) is 2.27. The van der Waals surface area contributed by atoms with Gasteiger partial charge < -0.3 is 15.3 Å². The molecule has 0 amide bonds. The number of nitrogens with zero attached hydrogens (tertiary/aromatic N) is 1. The summed E-state index contributed by atoms with van der Waals surface area (Å²) in [4.78, 5) is 2.23. The van der Waals surface area contributed by atoms with Crippen molar-refractivity contribution in [3.63, 3.8) is 0 Å². The highest BCUT2D eigenvalue weighted by atomic mass is 79.9. The van der Waals surface area contributed by atoms with E-state index >= 15 is 0 Å². The molecule has 1 aromatic carbocycles. The average molecular weight is 299 g/mol. The van der Waals surface area contributed by atoms with E-state index in [1.807, 2.05) is 14.0 Å². The van der Waals surface area contributed by atoms with Gasteiger partial charge in [-0.25, -0.2) is 0 Å². The van der Waals surface area contributed by atoms with Crippen LogP contribution in [-0.4, -0.2) is 30.8 Å². The van der Waals surface area contributed by atoms with E-state index < -0.39 is 5.60 Å². The molecule has 94 valence electrons. The number of hydrogen-bond acceptors (Lipinski definition) is 3. The Morgan fingerprint density at radius 1 is 1.53 bits per heavy atom. The Morgan fingerprint density at radius 2 is 2.29 bits per heavy atom. The number of rotatable bonds is 3. The van der Waals surface area contributed by atoms with Crippen LogP contribution in [0, 0.1) is 0 Å². The van der Waals surface area contributed by atoms with Crippen molar-refractivity contribution in [2.24, 2.45) is 0 Å². The maximum atomic E-state index is 9.99. The van der Waals surface area contributed by atoms with E-state index in [0.29, 0.717) is 6.54 Å². The van der Waals surface area contributed by atoms with Crippen molar-refractivity contribution < 1.29 is 5.11 Å². The highest BCUT2D eigenvalue weighted by Gasteiger charge is 2.32. The molecule has 1 heterocycles. The fraction of sp³-hybridized carbons (Fsp3) is 0.538. The zero-order valence-corrected chi connectivity index (χ0v) is 11.9. The second kappa shape index (κ2) is 4.96. The lowest BCUT2D eigenvalue weighted by Gasteiger charge is -2.22. The third-order valence-corrected chi connectivity index (χ3v) is 3.82. The number of anilines is 1. The standard InChI is InChI=1S/C13H19BrN2O/c1-13(17)5-6-16(9-13)12-4-3-10(8-15-2)7-11(12)14/h3-4,7,15,17H,5-6,8-9H2,1-2H3. The molecule has 1 unspecified atom stereocenters. The van der Waals surface area contributed by atoms with Crippen LogP contribution in [0.1, 0.15) is 18.9 Å². The molecule has 17 heavy (non-hydrogen) atoms. The molecule has 0 spiro atoms. The molecule has 2 N–H and O–H groups in total. The Labute approximate surface area is 111 Å². The molecule has 0 aromatic heterocycles. The lowest BCUT2D eigenvalue weighted by Crippen LogP contribution is -2.29. The molecule has 3 nitrogen and oxygen atoms in total. The van der Waals surface area contributed by atoms with Crippen LogP contribution >= 0.6 is 15.9 Å². The zero-order valence-electron chi connectivity index (χ0n) is 10.3. The van der Waals surface area contributed by atoms with Gasteiger partial charge in [0.2, 0.25) is 0 Å². The third kappa shape index (κ3) is 3.00. The van der Waals surface area contributed by atoms with Gasteiger partial charge >= 0.3 is 0 Å². The summed E-state index contributed by atoms with van der Waals surface area (Å²) < 4.78 is 1.10. The van der Waals surface area contributed by atoms with E-state index in [9.17, 15) is 5.11 Å². The Bertz CT molecular complexity index is 406. The van der Waals surface area contributed by atoms with E-state index in [1.165, 1.54) is 11.3 Å². The maximum Gasteiger partial charge on any atom is 0.0810 e. The molecule has 4 heteroatoms. The maximum absolute atomic E-state index is 9.99. The Kier molecular flexibility index (Phi) is 3.76. The Hall–Kier alpha value is -0.580. The number of nitrogens with one attached hydrogen (secondary N) is 1. The van der Waals surface area contributed by atoms with Crippen LogP contribution in [0.15, 0.2) is 22.7 Å². The van der Waals surface area contributed by atoms with Gasteiger partial charge in [-0.1, -0.05) is 6.07 Å². The highest BCUT2D eigenvalue weighted by Crippen LogP contribution is 2.32. The largest absolute Gasteiger partial charge is 0.388 e. The van der Waals surface area contributed by atoms with Crippen molar-refractivity contribution in [3.05, 3.63) is 28.2 Å². The van der Waals surface area contributed by atoms with Crippen molar-refractivity contribution in [2.75, 3.05) is 25.0 Å². The minimum absolute atomic E-state index is 0.552. The first-order chi connectivity index (χ1) is 8.02. The summed E-state index contributed by atoms with van der Waals surface area (Å²) in [6.07, 6.45) is 0.831. The molecule has 1 aliphatic rings. The molecule has 2 rings (SSSR count). The van der Waals surface area contributed by atoms with E-state index in [4.69, 9.17) is 0 Å². The van der Waals surface area contributed by atoms with Crippen molar-refractivity contribution >= 4 is 21.6 Å². The number of aliphatic hydroxyl groups is 1. The number of β-amino-alcohol motifs (C(OH)–C–C–N with tert-alkyl or cyclic N) is 1. The Balaban J connectivity index is 2.17. The molecular weight excluding hydrogens is 280 g/mol. The zero-order chi connectivity index (χ0) is 12.5. The van der Waals surface area contributed by atoms with E-state index in [1.54, 1.807) is 0 Å².